The largest absolute Gasteiger partial charge is 0.480 e. The molecule has 2 heterocycles. The van der Waals surface area contributed by atoms with Crippen LogP contribution in [0, 0.1) is 47.0 Å². The maximum atomic E-state index is 13.7. The number of carbonyl (C=O) groups is 2. The summed E-state index contributed by atoms with van der Waals surface area (Å²) in [5.74, 6) is -2.79. The molecule has 0 aliphatic carbocycles. The molecule has 0 amide bonds. The van der Waals surface area contributed by atoms with Gasteiger partial charge in [0, 0.05) is 24.3 Å². The third-order valence-electron chi connectivity index (χ3n) is 11.0. The van der Waals surface area contributed by atoms with Gasteiger partial charge >= 0.3 is 11.9 Å². The SMILES string of the molecule is CCCN(CCCC(C(=O)O)(C(=O)O)C(OCC)C(c1cccc(-c2c(C)cc(C)cc2C)n1)N(CCC)CCC)Cc1cccc(-c2c(C)cc(C)cc2C)n1. The van der Waals surface area contributed by atoms with Gasteiger partial charge in [0.1, 0.15) is 6.10 Å². The molecule has 2 N–H and O–H groups in total. The first-order valence-corrected chi connectivity index (χ1v) is 20.9. The first kappa shape index (κ1) is 45.3. The predicted molar refractivity (Wildman–Crippen MR) is 231 cm³/mol. The van der Waals surface area contributed by atoms with E-state index in [0.717, 1.165) is 65.1 Å². The van der Waals surface area contributed by atoms with Crippen molar-refractivity contribution >= 4 is 11.9 Å². The fourth-order valence-corrected chi connectivity index (χ4v) is 8.90. The smallest absolute Gasteiger partial charge is 0.323 e. The Morgan fingerprint density at radius 2 is 1.18 bits per heavy atom. The Kier molecular flexibility index (Phi) is 16.5. The number of benzene rings is 2. The lowest BCUT2D eigenvalue weighted by Gasteiger charge is -2.43. The number of carboxylic acids is 2. The molecule has 57 heavy (non-hydrogen) atoms. The van der Waals surface area contributed by atoms with Crippen molar-refractivity contribution in [3.8, 4) is 22.5 Å². The number of pyridine rings is 2. The summed E-state index contributed by atoms with van der Waals surface area (Å²) in [6.45, 7) is 23.9. The van der Waals surface area contributed by atoms with Gasteiger partial charge in [-0.2, -0.15) is 0 Å². The van der Waals surface area contributed by atoms with E-state index in [1.165, 1.54) is 22.3 Å². The van der Waals surface area contributed by atoms with Crippen molar-refractivity contribution in [3.05, 3.63) is 105 Å². The monoisotopic (exact) mass is 779 g/mol. The van der Waals surface area contributed by atoms with Crippen molar-refractivity contribution in [2.75, 3.05) is 32.8 Å². The summed E-state index contributed by atoms with van der Waals surface area (Å²) >= 11 is 0. The molecule has 9 nitrogen and oxygen atoms in total. The molecule has 308 valence electrons. The molecule has 2 aromatic heterocycles. The van der Waals surface area contributed by atoms with Crippen molar-refractivity contribution < 1.29 is 24.5 Å². The molecule has 0 bridgehead atoms. The quantitative estimate of drug-likeness (QED) is 0.0752. The Hall–Kier alpha value is -4.44. The van der Waals surface area contributed by atoms with Crippen molar-refractivity contribution in [1.82, 2.24) is 19.8 Å². The van der Waals surface area contributed by atoms with E-state index < -0.39 is 29.5 Å². The van der Waals surface area contributed by atoms with Crippen LogP contribution in [0.25, 0.3) is 22.5 Å². The molecule has 0 radical (unpaired) electrons. The number of aromatic nitrogens is 2. The van der Waals surface area contributed by atoms with E-state index in [1.807, 2.05) is 36.4 Å². The van der Waals surface area contributed by atoms with Crippen LogP contribution in [0.4, 0.5) is 0 Å². The fourth-order valence-electron chi connectivity index (χ4n) is 8.90. The predicted octanol–water partition coefficient (Wildman–Crippen LogP) is 10.1. The molecule has 2 aromatic carbocycles. The molecule has 2 unspecified atom stereocenters. The fraction of sp³-hybridized carbons (Fsp3) is 0.500. The second kappa shape index (κ2) is 20.8. The maximum absolute atomic E-state index is 13.7. The zero-order valence-corrected chi connectivity index (χ0v) is 36.1. The summed E-state index contributed by atoms with van der Waals surface area (Å²) in [7, 11) is 0. The topological polar surface area (TPSA) is 116 Å². The van der Waals surface area contributed by atoms with E-state index in [-0.39, 0.29) is 13.0 Å². The summed E-state index contributed by atoms with van der Waals surface area (Å²) in [6, 6.07) is 19.8. The van der Waals surface area contributed by atoms with Crippen LogP contribution in [0.1, 0.15) is 111 Å². The van der Waals surface area contributed by atoms with E-state index in [9.17, 15) is 19.8 Å². The third-order valence-corrected chi connectivity index (χ3v) is 11.0. The lowest BCUT2D eigenvalue weighted by molar-refractivity contribution is -0.184. The molecular weight excluding hydrogens is 713 g/mol. The van der Waals surface area contributed by atoms with E-state index in [0.29, 0.717) is 38.3 Å². The van der Waals surface area contributed by atoms with Crippen LogP contribution in [0.5, 0.6) is 0 Å². The standard InChI is InChI=1S/C48H66N4O5/c1-11-23-51(31-38-18-15-19-39(49-38)42-34(7)27-32(5)28-35(42)8)26-17-22-48(46(53)54,47(55)56)45(57-14-4)44(52(24-12-2)25-13-3)41-21-16-20-40(50-41)43-36(9)29-33(6)30-37(43)10/h15-16,18-21,27-30,44-45H,11-14,17,22-26,31H2,1-10H3,(H,53,54)(H,55,56). The molecule has 0 aliphatic rings. The van der Waals surface area contributed by atoms with Gasteiger partial charge in [-0.05, 0) is 153 Å². The highest BCUT2D eigenvalue weighted by Crippen LogP contribution is 2.42. The van der Waals surface area contributed by atoms with Gasteiger partial charge in [0.05, 0.1) is 28.8 Å². The number of ether oxygens (including phenoxy) is 1. The first-order valence-electron chi connectivity index (χ1n) is 20.9. The minimum atomic E-state index is -2.25. The molecule has 0 fully saturated rings. The normalized spacial score (nSPS) is 13.0. The number of aliphatic carboxylic acids is 2. The number of aryl methyl sites for hydroxylation is 6. The van der Waals surface area contributed by atoms with Gasteiger partial charge in [-0.25, -0.2) is 0 Å². The van der Waals surface area contributed by atoms with Crippen LogP contribution >= 0.6 is 0 Å². The third kappa shape index (κ3) is 10.7. The van der Waals surface area contributed by atoms with Crippen LogP contribution in [0.15, 0.2) is 60.7 Å². The zero-order chi connectivity index (χ0) is 41.9. The Morgan fingerprint density at radius 1 is 0.684 bits per heavy atom. The van der Waals surface area contributed by atoms with Crippen molar-refractivity contribution in [2.45, 2.75) is 120 Å². The lowest BCUT2D eigenvalue weighted by Crippen LogP contribution is -2.56. The van der Waals surface area contributed by atoms with Crippen molar-refractivity contribution in [3.63, 3.8) is 0 Å². The minimum absolute atomic E-state index is 0.115. The number of hydrogen-bond donors (Lipinski definition) is 2. The average Bonchev–Trinajstić information content (AvgIpc) is 3.13. The molecule has 2 atom stereocenters. The molecule has 0 saturated heterocycles. The zero-order valence-electron chi connectivity index (χ0n) is 36.1. The molecule has 4 aromatic rings. The minimum Gasteiger partial charge on any atom is -0.480 e. The Morgan fingerprint density at radius 3 is 1.65 bits per heavy atom. The van der Waals surface area contributed by atoms with E-state index >= 15 is 0 Å². The number of hydrogen-bond acceptors (Lipinski definition) is 7. The molecule has 4 rings (SSSR count). The van der Waals surface area contributed by atoms with Crippen molar-refractivity contribution in [1.29, 1.82) is 0 Å². The number of carboxylic acid groups (broad SMARTS) is 2. The summed E-state index contributed by atoms with van der Waals surface area (Å²) in [6.07, 6.45) is 1.47. The van der Waals surface area contributed by atoms with Crippen LogP contribution in [0.2, 0.25) is 0 Å². The Bertz CT molecular complexity index is 1910. The molecule has 0 aliphatic heterocycles. The molecule has 0 saturated carbocycles. The summed E-state index contributed by atoms with van der Waals surface area (Å²) in [5, 5.41) is 22.3. The second-order valence-electron chi connectivity index (χ2n) is 15.8. The van der Waals surface area contributed by atoms with Gasteiger partial charge in [-0.15, -0.1) is 0 Å². The maximum Gasteiger partial charge on any atom is 0.323 e. The van der Waals surface area contributed by atoms with Gasteiger partial charge < -0.3 is 14.9 Å². The molecule has 0 spiro atoms. The Labute approximate surface area is 341 Å². The highest BCUT2D eigenvalue weighted by atomic mass is 16.5. The lowest BCUT2D eigenvalue weighted by atomic mass is 9.73. The van der Waals surface area contributed by atoms with Gasteiger partial charge in [0.15, 0.2) is 5.41 Å². The van der Waals surface area contributed by atoms with E-state index in [2.05, 4.69) is 96.4 Å². The van der Waals surface area contributed by atoms with Gasteiger partial charge in [-0.1, -0.05) is 68.3 Å². The summed E-state index contributed by atoms with van der Waals surface area (Å²) < 4.78 is 6.44. The van der Waals surface area contributed by atoms with Crippen LogP contribution in [-0.2, 0) is 20.9 Å². The first-order chi connectivity index (χ1) is 27.2. The van der Waals surface area contributed by atoms with Crippen molar-refractivity contribution in [2.24, 2.45) is 5.41 Å². The van der Waals surface area contributed by atoms with Crippen LogP contribution in [-0.4, -0.2) is 80.8 Å². The molecule has 9 heteroatoms. The summed E-state index contributed by atoms with van der Waals surface area (Å²) in [5.41, 5.74) is 10.1. The highest BCUT2D eigenvalue weighted by molar-refractivity contribution is 5.99. The average molecular weight is 779 g/mol. The number of nitrogens with zero attached hydrogens (tertiary/aromatic N) is 4. The van der Waals surface area contributed by atoms with Gasteiger partial charge in [0.2, 0.25) is 0 Å². The van der Waals surface area contributed by atoms with E-state index in [4.69, 9.17) is 14.7 Å². The highest BCUT2D eigenvalue weighted by Gasteiger charge is 2.57. The van der Waals surface area contributed by atoms with E-state index in [1.54, 1.807) is 6.92 Å². The second-order valence-corrected chi connectivity index (χ2v) is 15.8. The van der Waals surface area contributed by atoms with Gasteiger partial charge in [-0.3, -0.25) is 29.4 Å². The van der Waals surface area contributed by atoms with Crippen LogP contribution < -0.4 is 0 Å². The number of rotatable bonds is 22. The van der Waals surface area contributed by atoms with Gasteiger partial charge in [0.25, 0.3) is 0 Å². The summed E-state index contributed by atoms with van der Waals surface area (Å²) in [4.78, 5) is 42.1. The Balaban J connectivity index is 1.74. The van der Waals surface area contributed by atoms with Crippen LogP contribution in [0.3, 0.4) is 0 Å². The molecular formula is C48H66N4O5.